The van der Waals surface area contributed by atoms with Crippen molar-refractivity contribution in [2.45, 2.75) is 105 Å². The van der Waals surface area contributed by atoms with Crippen molar-refractivity contribution in [2.75, 3.05) is 20.3 Å². The molecular formula is C46H50N4O14. The summed E-state index contributed by atoms with van der Waals surface area (Å²) in [5, 5.41) is 56.0. The number of rotatable bonds is 12. The van der Waals surface area contributed by atoms with Crippen LogP contribution in [0.25, 0.3) is 10.9 Å². The molecule has 0 bridgehead atoms. The maximum atomic E-state index is 12.6. The lowest BCUT2D eigenvalue weighted by Gasteiger charge is -2.49. The first-order valence-electron chi connectivity index (χ1n) is 21.4. The third-order valence-electron chi connectivity index (χ3n) is 13.4. The van der Waals surface area contributed by atoms with Gasteiger partial charge >= 0.3 is 11.9 Å². The lowest BCUT2D eigenvalue weighted by molar-refractivity contribution is -0.330. The van der Waals surface area contributed by atoms with Crippen LogP contribution in [-0.2, 0) is 25.5 Å². The number of carboxylic acid groups (broad SMARTS) is 1. The zero-order valence-electron chi connectivity index (χ0n) is 34.7. The Kier molecular flexibility index (Phi) is 10.7. The number of nitrogens with zero attached hydrogens (tertiary/aromatic N) is 1. The van der Waals surface area contributed by atoms with Crippen LogP contribution in [0.4, 0.5) is 0 Å². The van der Waals surface area contributed by atoms with Crippen molar-refractivity contribution in [2.24, 2.45) is 11.5 Å². The summed E-state index contributed by atoms with van der Waals surface area (Å²) in [5.41, 5.74) is 14.9. The van der Waals surface area contributed by atoms with Gasteiger partial charge in [-0.2, -0.15) is 0 Å². The molecule has 3 aromatic carbocycles. The highest BCUT2D eigenvalue weighted by molar-refractivity contribution is 5.90. The summed E-state index contributed by atoms with van der Waals surface area (Å²) < 4.78 is 46.6. The normalized spacial score (nSPS) is 29.1. The van der Waals surface area contributed by atoms with E-state index in [9.17, 15) is 35.1 Å². The predicted molar refractivity (Wildman–Crippen MR) is 224 cm³/mol. The van der Waals surface area contributed by atoms with Crippen molar-refractivity contribution in [3.63, 3.8) is 0 Å². The molecular weight excluding hydrogens is 833 g/mol. The summed E-state index contributed by atoms with van der Waals surface area (Å²) in [5.74, 6) is -1.46. The largest absolute Gasteiger partial charge is 0.493 e. The van der Waals surface area contributed by atoms with Gasteiger partial charge in [-0.15, -0.1) is 0 Å². The number of aromatic amines is 1. The SMILES string of the molecule is COc1ccc2c(c1OCCO)O[C@H]1c3c(cc4c5c3[C@H](n3cc6cc[nH]c6c3)CC[C@@H]5C[C@]3(O)[C@H](O4)O[C@H]([C@H](OC(=O)CC(=O)O)C(N)N)[C@@H](O)[C@@H]3O)O[C@@H](Cc3ccccc3)[C@@H]21. The van der Waals surface area contributed by atoms with Gasteiger partial charge in [-0.05, 0) is 48.4 Å². The lowest BCUT2D eigenvalue weighted by Crippen LogP contribution is -2.71. The highest BCUT2D eigenvalue weighted by Crippen LogP contribution is 2.63. The standard InChI is InChI=1S/C46H50N4O14/c1-58-27-10-8-24-34-28(15-21-5-3-2-4-6-21)60-30-16-29-33-22(18-46(57)43(56)37(55)41(64-45(46)61-29)42(44(47)48)62-32(54)17-31(52)53)7-9-26(50-19-23-11-12-49-25(23)20-50)35(33)36(30)40(34)63-38(24)39(27)59-14-13-51/h2-6,8,10-12,16,19-20,22,26,28,34,37,40-45,49,51,55-57H,7,9,13-15,17-18,47-48H2,1H3,(H,52,53)/t22-,26-,28+,34-,37-,40-,41+,42+,43+,45-,46-/m1/s1. The quantitative estimate of drug-likeness (QED) is 0.0508. The number of nitrogens with two attached hydrogens (primary N) is 2. The molecule has 2 aromatic heterocycles. The molecule has 338 valence electrons. The Labute approximate surface area is 366 Å². The monoisotopic (exact) mass is 882 g/mol. The van der Waals surface area contributed by atoms with Crippen LogP contribution in [0, 0.1) is 0 Å². The maximum absolute atomic E-state index is 12.6. The number of carboxylic acids is 1. The number of aliphatic hydroxyl groups is 4. The predicted octanol–water partition coefficient (Wildman–Crippen LogP) is 2.63. The molecule has 5 aromatic rings. The number of nitrogens with one attached hydrogen (secondary N) is 1. The van der Waals surface area contributed by atoms with Crippen molar-refractivity contribution >= 4 is 22.8 Å². The van der Waals surface area contributed by atoms with E-state index >= 15 is 0 Å². The van der Waals surface area contributed by atoms with Gasteiger partial charge in [0.2, 0.25) is 12.0 Å². The van der Waals surface area contributed by atoms with Crippen LogP contribution >= 0.6 is 0 Å². The first kappa shape index (κ1) is 42.1. The molecule has 0 spiro atoms. The van der Waals surface area contributed by atoms with E-state index in [1.54, 1.807) is 13.2 Å². The van der Waals surface area contributed by atoms with Crippen LogP contribution in [0.3, 0.4) is 0 Å². The number of aliphatic carboxylic acids is 1. The van der Waals surface area contributed by atoms with Crippen LogP contribution in [0.5, 0.6) is 28.7 Å². The van der Waals surface area contributed by atoms with E-state index in [4.69, 9.17) is 44.6 Å². The average molecular weight is 883 g/mol. The van der Waals surface area contributed by atoms with E-state index in [2.05, 4.69) is 15.7 Å². The molecule has 4 aliphatic heterocycles. The number of esters is 1. The van der Waals surface area contributed by atoms with Crippen LogP contribution in [-0.4, -0.2) is 116 Å². The number of aromatic nitrogens is 2. The molecule has 18 nitrogen and oxygen atoms in total. The molecule has 1 fully saturated rings. The maximum Gasteiger partial charge on any atom is 0.317 e. The van der Waals surface area contributed by atoms with Crippen LogP contribution in [0.2, 0.25) is 0 Å². The molecule has 18 heteroatoms. The third-order valence-corrected chi connectivity index (χ3v) is 13.4. The minimum Gasteiger partial charge on any atom is -0.493 e. The fourth-order valence-corrected chi connectivity index (χ4v) is 10.7. The van der Waals surface area contributed by atoms with Gasteiger partial charge in [0.25, 0.3) is 0 Å². The van der Waals surface area contributed by atoms with Crippen molar-refractivity contribution in [3.05, 3.63) is 101 Å². The Bertz CT molecular complexity index is 2550. The summed E-state index contributed by atoms with van der Waals surface area (Å²) in [6, 6.07) is 17.2. The molecule has 64 heavy (non-hydrogen) atoms. The molecule has 5 aliphatic rings. The van der Waals surface area contributed by atoms with Gasteiger partial charge in [0, 0.05) is 53.2 Å². The molecule has 0 saturated carbocycles. The highest BCUT2D eigenvalue weighted by atomic mass is 16.7. The number of fused-ring (bicyclic) bond motifs is 8. The fraction of sp³-hybridized carbons (Fsp3) is 0.435. The van der Waals surface area contributed by atoms with Gasteiger partial charge in [0.05, 0.1) is 37.4 Å². The van der Waals surface area contributed by atoms with Crippen molar-refractivity contribution in [1.82, 2.24) is 9.55 Å². The van der Waals surface area contributed by atoms with Gasteiger partial charge in [0.1, 0.15) is 55.0 Å². The van der Waals surface area contributed by atoms with E-state index in [1.807, 2.05) is 60.9 Å². The minimum atomic E-state index is -2.23. The molecule has 6 heterocycles. The van der Waals surface area contributed by atoms with Gasteiger partial charge in [-0.1, -0.05) is 36.4 Å². The molecule has 1 saturated heterocycles. The number of H-pyrrole nitrogens is 1. The first-order chi connectivity index (χ1) is 30.9. The number of benzene rings is 3. The molecule has 1 aliphatic carbocycles. The second kappa shape index (κ2) is 16.3. The number of carbonyl (C=O) groups excluding carboxylic acids is 1. The molecule has 0 unspecified atom stereocenters. The van der Waals surface area contributed by atoms with Gasteiger partial charge < -0.3 is 79.7 Å². The zero-order valence-corrected chi connectivity index (χ0v) is 34.7. The summed E-state index contributed by atoms with van der Waals surface area (Å²) in [6.07, 6.45) is -4.99. The zero-order chi connectivity index (χ0) is 44.6. The van der Waals surface area contributed by atoms with Crippen molar-refractivity contribution in [3.8, 4) is 28.7 Å². The number of methoxy groups -OCH3 is 1. The summed E-state index contributed by atoms with van der Waals surface area (Å²) in [4.78, 5) is 27.2. The average Bonchev–Trinajstić information content (AvgIpc) is 3.98. The van der Waals surface area contributed by atoms with Crippen molar-refractivity contribution < 1.29 is 68.3 Å². The van der Waals surface area contributed by atoms with E-state index in [1.165, 1.54) is 0 Å². The molecule has 0 amide bonds. The van der Waals surface area contributed by atoms with Gasteiger partial charge in [-0.3, -0.25) is 9.59 Å². The van der Waals surface area contributed by atoms with E-state index in [0.717, 1.165) is 38.7 Å². The third kappa shape index (κ3) is 6.91. The lowest BCUT2D eigenvalue weighted by atomic mass is 9.69. The summed E-state index contributed by atoms with van der Waals surface area (Å²) >= 11 is 0. The van der Waals surface area contributed by atoms with Gasteiger partial charge in [0.15, 0.2) is 23.2 Å². The Morgan fingerprint density at radius 3 is 2.53 bits per heavy atom. The second-order valence-electron chi connectivity index (χ2n) is 17.2. The number of ether oxygens (including phenoxy) is 7. The Hall–Kier alpha value is -5.86. The minimum absolute atomic E-state index is 0.00293. The van der Waals surface area contributed by atoms with Crippen molar-refractivity contribution in [1.29, 1.82) is 0 Å². The van der Waals surface area contributed by atoms with Crippen LogP contribution in [0.15, 0.2) is 73.2 Å². The molecule has 10 N–H and O–H groups in total. The van der Waals surface area contributed by atoms with E-state index < -0.39 is 79.0 Å². The molecule has 11 atom stereocenters. The molecule has 0 radical (unpaired) electrons. The van der Waals surface area contributed by atoms with Gasteiger partial charge in [-0.25, -0.2) is 0 Å². The number of carbonyl (C=O) groups is 2. The van der Waals surface area contributed by atoms with Crippen LogP contribution in [0.1, 0.15) is 77.5 Å². The fourth-order valence-electron chi connectivity index (χ4n) is 10.7. The molecule has 10 rings (SSSR count). The Balaban J connectivity index is 1.14. The van der Waals surface area contributed by atoms with E-state index in [-0.39, 0.29) is 31.6 Å². The smallest absolute Gasteiger partial charge is 0.317 e. The number of hydrogen-bond donors (Lipinski definition) is 8. The van der Waals surface area contributed by atoms with E-state index in [0.29, 0.717) is 48.0 Å². The second-order valence-corrected chi connectivity index (χ2v) is 17.2. The highest BCUT2D eigenvalue weighted by Gasteiger charge is 2.62. The Morgan fingerprint density at radius 1 is 1.00 bits per heavy atom. The van der Waals surface area contributed by atoms with Crippen LogP contribution < -0.4 is 35.2 Å². The number of hydrogen-bond acceptors (Lipinski definition) is 15. The first-order valence-corrected chi connectivity index (χ1v) is 21.4. The number of aliphatic hydroxyl groups excluding tert-OH is 3. The topological polar surface area (TPSA) is 273 Å². The Morgan fingerprint density at radius 2 is 1.80 bits per heavy atom. The summed E-state index contributed by atoms with van der Waals surface area (Å²) in [6.45, 7) is -0.228. The summed E-state index contributed by atoms with van der Waals surface area (Å²) in [7, 11) is 1.54.